The highest BCUT2D eigenvalue weighted by Crippen LogP contribution is 2.39. The van der Waals surface area contributed by atoms with E-state index < -0.39 is 70.8 Å². The molecule has 6 nitrogen and oxygen atoms in total. The standard InChI is InChI=1S/C25H19ClF7N3O3/c26-14-3-11(4-15(27)7-14)10-39-16-5-13(6-16)24(38)34-9-12-1-2-17(25(31,32)33)20(21(12)28)23-35-18(22(29)30)8-19(37)36-23/h1-4,7-8,13,16,22H,5-6,9-10H2,(H,34,38)(H,35,36,37). The van der Waals surface area contributed by atoms with E-state index in [1.54, 1.807) is 0 Å². The molecule has 39 heavy (non-hydrogen) atoms. The van der Waals surface area contributed by atoms with Crippen LogP contribution in [0.2, 0.25) is 5.02 Å². The van der Waals surface area contributed by atoms with E-state index in [0.29, 0.717) is 30.5 Å². The quantitative estimate of drug-likeness (QED) is 0.325. The van der Waals surface area contributed by atoms with Crippen molar-refractivity contribution < 1.29 is 40.3 Å². The van der Waals surface area contributed by atoms with Crippen molar-refractivity contribution >= 4 is 17.5 Å². The van der Waals surface area contributed by atoms with Crippen molar-refractivity contribution in [3.63, 3.8) is 0 Å². The minimum atomic E-state index is -5.10. The van der Waals surface area contributed by atoms with Gasteiger partial charge in [-0.3, -0.25) is 9.59 Å². The number of alkyl halides is 5. The summed E-state index contributed by atoms with van der Waals surface area (Å²) in [7, 11) is 0. The van der Waals surface area contributed by atoms with Gasteiger partial charge in [0, 0.05) is 29.1 Å². The molecule has 0 atom stereocenters. The summed E-state index contributed by atoms with van der Waals surface area (Å²) in [5, 5.41) is 2.64. The molecule has 0 spiro atoms. The predicted octanol–water partition coefficient (Wildman–Crippen LogP) is 5.94. The molecule has 1 fully saturated rings. The third-order valence-corrected chi connectivity index (χ3v) is 6.29. The summed E-state index contributed by atoms with van der Waals surface area (Å²) in [4.78, 5) is 29.4. The molecule has 2 aromatic carbocycles. The van der Waals surface area contributed by atoms with Crippen molar-refractivity contribution in [1.29, 1.82) is 0 Å². The number of benzene rings is 2. The predicted molar refractivity (Wildman–Crippen MR) is 125 cm³/mol. The average molecular weight is 578 g/mol. The number of hydrogen-bond donors (Lipinski definition) is 2. The number of ether oxygens (including phenoxy) is 1. The second-order valence-electron chi connectivity index (χ2n) is 8.88. The average Bonchev–Trinajstić information content (AvgIpc) is 2.80. The lowest BCUT2D eigenvalue weighted by molar-refractivity contribution is -0.137. The third kappa shape index (κ3) is 6.77. The van der Waals surface area contributed by atoms with Crippen molar-refractivity contribution in [3.8, 4) is 11.4 Å². The number of aromatic amines is 1. The number of carbonyl (C=O) groups excluding carboxylic acids is 1. The smallest absolute Gasteiger partial charge is 0.373 e. The molecule has 4 rings (SSSR count). The van der Waals surface area contributed by atoms with Crippen LogP contribution < -0.4 is 10.9 Å². The van der Waals surface area contributed by atoms with Crippen LogP contribution in [-0.2, 0) is 28.9 Å². The highest BCUT2D eigenvalue weighted by atomic mass is 35.5. The number of amides is 1. The normalized spacial score (nSPS) is 17.3. The molecule has 1 aromatic heterocycles. The fourth-order valence-electron chi connectivity index (χ4n) is 4.08. The Hall–Kier alpha value is -3.45. The molecule has 2 N–H and O–H groups in total. The van der Waals surface area contributed by atoms with Gasteiger partial charge in [-0.15, -0.1) is 0 Å². The number of nitrogens with one attached hydrogen (secondary N) is 2. The van der Waals surface area contributed by atoms with Crippen LogP contribution >= 0.6 is 11.6 Å². The Bertz CT molecular complexity index is 1420. The van der Waals surface area contributed by atoms with Crippen LogP contribution in [0, 0.1) is 17.6 Å². The second-order valence-corrected chi connectivity index (χ2v) is 9.31. The number of carbonyl (C=O) groups is 1. The van der Waals surface area contributed by atoms with E-state index in [0.717, 1.165) is 12.1 Å². The van der Waals surface area contributed by atoms with Crippen LogP contribution in [0.4, 0.5) is 30.7 Å². The number of halogens is 8. The maximum atomic E-state index is 15.3. The van der Waals surface area contributed by atoms with E-state index in [9.17, 15) is 35.9 Å². The van der Waals surface area contributed by atoms with Crippen molar-refractivity contribution in [2.24, 2.45) is 5.92 Å². The summed E-state index contributed by atoms with van der Waals surface area (Å²) in [6.45, 7) is -0.447. The molecule has 0 unspecified atom stereocenters. The maximum absolute atomic E-state index is 15.3. The van der Waals surface area contributed by atoms with Gasteiger partial charge in [-0.05, 0) is 42.7 Å². The fraction of sp³-hybridized carbons (Fsp3) is 0.320. The van der Waals surface area contributed by atoms with Gasteiger partial charge in [-0.25, -0.2) is 22.5 Å². The van der Waals surface area contributed by atoms with Crippen molar-refractivity contribution in [1.82, 2.24) is 15.3 Å². The summed E-state index contributed by atoms with van der Waals surface area (Å²) in [5.74, 6) is -4.04. The van der Waals surface area contributed by atoms with E-state index in [2.05, 4.69) is 10.3 Å². The first-order valence-electron chi connectivity index (χ1n) is 11.4. The van der Waals surface area contributed by atoms with Gasteiger partial charge in [0.2, 0.25) is 5.91 Å². The van der Waals surface area contributed by atoms with Crippen LogP contribution in [0.15, 0.2) is 41.2 Å². The first-order valence-corrected chi connectivity index (χ1v) is 11.8. The van der Waals surface area contributed by atoms with Crippen molar-refractivity contribution in [2.75, 3.05) is 0 Å². The van der Waals surface area contributed by atoms with E-state index in [1.165, 1.54) is 12.1 Å². The fourth-order valence-corrected chi connectivity index (χ4v) is 4.33. The summed E-state index contributed by atoms with van der Waals surface area (Å²) in [6.07, 6.45) is -8.08. The molecule has 0 aliphatic heterocycles. The summed E-state index contributed by atoms with van der Waals surface area (Å²) in [6, 6.07) is 5.65. The lowest BCUT2D eigenvalue weighted by Gasteiger charge is -2.34. The van der Waals surface area contributed by atoms with Crippen LogP contribution in [0.1, 0.15) is 41.7 Å². The topological polar surface area (TPSA) is 84.1 Å². The van der Waals surface area contributed by atoms with Gasteiger partial charge in [-0.1, -0.05) is 17.7 Å². The van der Waals surface area contributed by atoms with Crippen LogP contribution in [-0.4, -0.2) is 22.0 Å². The lowest BCUT2D eigenvalue weighted by Crippen LogP contribution is -2.42. The molecule has 14 heteroatoms. The molecule has 3 aromatic rings. The van der Waals surface area contributed by atoms with Crippen LogP contribution in [0.5, 0.6) is 0 Å². The number of nitrogens with zero attached hydrogens (tertiary/aromatic N) is 1. The molecule has 1 heterocycles. The summed E-state index contributed by atoms with van der Waals surface area (Å²) in [5.41, 5.74) is -4.94. The molecule has 1 aliphatic carbocycles. The number of H-pyrrole nitrogens is 1. The number of aromatic nitrogens is 2. The molecule has 0 bridgehead atoms. The zero-order valence-electron chi connectivity index (χ0n) is 19.7. The summed E-state index contributed by atoms with van der Waals surface area (Å²) < 4.78 is 101. The SMILES string of the molecule is O=C(NCc1ccc(C(F)(F)F)c(-c2nc(C(F)F)cc(=O)[nH]2)c1F)C1CC(OCc2cc(F)cc(Cl)c2)C1. The minimum Gasteiger partial charge on any atom is -0.373 e. The van der Waals surface area contributed by atoms with E-state index in [1.807, 2.05) is 4.98 Å². The number of hydrogen-bond acceptors (Lipinski definition) is 4. The Morgan fingerprint density at radius 2 is 1.87 bits per heavy atom. The molecular formula is C25H19ClF7N3O3. The van der Waals surface area contributed by atoms with E-state index in [-0.39, 0.29) is 23.3 Å². The minimum absolute atomic E-state index is 0.0684. The monoisotopic (exact) mass is 577 g/mol. The zero-order chi connectivity index (χ0) is 28.5. The van der Waals surface area contributed by atoms with E-state index >= 15 is 4.39 Å². The van der Waals surface area contributed by atoms with Gasteiger partial charge in [0.1, 0.15) is 23.2 Å². The van der Waals surface area contributed by atoms with Gasteiger partial charge in [-0.2, -0.15) is 13.2 Å². The third-order valence-electron chi connectivity index (χ3n) is 6.08. The number of rotatable bonds is 8. The van der Waals surface area contributed by atoms with Gasteiger partial charge in [0.25, 0.3) is 12.0 Å². The molecule has 0 saturated heterocycles. The highest BCUT2D eigenvalue weighted by Gasteiger charge is 2.38. The molecule has 0 radical (unpaired) electrons. The Labute approximate surface area is 221 Å². The molecule has 208 valence electrons. The molecule has 1 saturated carbocycles. The van der Waals surface area contributed by atoms with E-state index in [4.69, 9.17) is 16.3 Å². The molecular weight excluding hydrogens is 559 g/mol. The van der Waals surface area contributed by atoms with Gasteiger partial charge in [0.15, 0.2) is 0 Å². The van der Waals surface area contributed by atoms with Crippen molar-refractivity contribution in [3.05, 3.63) is 85.8 Å². The Balaban J connectivity index is 1.43. The second kappa shape index (κ2) is 11.3. The first-order chi connectivity index (χ1) is 18.3. The Kier molecular flexibility index (Phi) is 8.31. The molecule has 1 amide bonds. The first kappa shape index (κ1) is 28.6. The Morgan fingerprint density at radius 1 is 1.15 bits per heavy atom. The zero-order valence-corrected chi connectivity index (χ0v) is 20.5. The lowest BCUT2D eigenvalue weighted by atomic mass is 9.81. The highest BCUT2D eigenvalue weighted by molar-refractivity contribution is 6.30. The van der Waals surface area contributed by atoms with Crippen molar-refractivity contribution in [2.45, 2.75) is 44.7 Å². The van der Waals surface area contributed by atoms with Crippen LogP contribution in [0.25, 0.3) is 11.4 Å². The Morgan fingerprint density at radius 3 is 2.51 bits per heavy atom. The van der Waals surface area contributed by atoms with Crippen LogP contribution in [0.3, 0.4) is 0 Å². The van der Waals surface area contributed by atoms with Gasteiger partial charge in [0.05, 0.1) is 23.8 Å². The van der Waals surface area contributed by atoms with Gasteiger partial charge >= 0.3 is 6.18 Å². The maximum Gasteiger partial charge on any atom is 0.417 e. The molecule has 1 aliphatic rings. The largest absolute Gasteiger partial charge is 0.417 e. The van der Waals surface area contributed by atoms with Gasteiger partial charge < -0.3 is 15.0 Å². The summed E-state index contributed by atoms with van der Waals surface area (Å²) >= 11 is 5.80.